The number of hydrogen-bond donors (Lipinski definition) is 1. The van der Waals surface area contributed by atoms with Gasteiger partial charge in [0.05, 0.1) is 6.61 Å². The van der Waals surface area contributed by atoms with Crippen LogP contribution in [0.3, 0.4) is 0 Å². The Hall–Kier alpha value is -1.63. The number of nitrogens with zero attached hydrogens (tertiary/aromatic N) is 3. The van der Waals surface area contributed by atoms with Crippen LogP contribution in [0.25, 0.3) is 0 Å². The van der Waals surface area contributed by atoms with Crippen LogP contribution < -0.4 is 5.73 Å². The van der Waals surface area contributed by atoms with Gasteiger partial charge >= 0.3 is 5.97 Å². The minimum atomic E-state index is -0.386. The summed E-state index contributed by atoms with van der Waals surface area (Å²) in [7, 11) is 0. The number of nitrogen functional groups attached to an aromatic ring is 1. The molecule has 7 nitrogen and oxygen atoms in total. The van der Waals surface area contributed by atoms with E-state index in [4.69, 9.17) is 15.2 Å². The van der Waals surface area contributed by atoms with E-state index in [0.29, 0.717) is 19.1 Å². The summed E-state index contributed by atoms with van der Waals surface area (Å²) in [4.78, 5) is 15.0. The van der Waals surface area contributed by atoms with E-state index in [2.05, 4.69) is 23.9 Å². The van der Waals surface area contributed by atoms with E-state index in [-0.39, 0.29) is 25.1 Å². The number of anilines is 1. The van der Waals surface area contributed by atoms with Crippen molar-refractivity contribution in [2.24, 2.45) is 5.92 Å². The van der Waals surface area contributed by atoms with Gasteiger partial charge in [-0.15, -0.1) is 5.10 Å². The van der Waals surface area contributed by atoms with Gasteiger partial charge in [0, 0.05) is 6.61 Å². The average Bonchev–Trinajstić information content (AvgIpc) is 2.63. The Morgan fingerprint density at radius 1 is 1.53 bits per heavy atom. The second kappa shape index (κ2) is 6.85. The summed E-state index contributed by atoms with van der Waals surface area (Å²) in [5, 5.41) is 3.77. The molecule has 1 heterocycles. The number of aromatic nitrogens is 3. The molecule has 1 aromatic heterocycles. The number of esters is 1. The van der Waals surface area contributed by atoms with E-state index in [1.165, 1.54) is 11.0 Å². The second-order valence-electron chi connectivity index (χ2n) is 3.99. The fourth-order valence-corrected chi connectivity index (χ4v) is 1.10. The predicted octanol–water partition coefficient (Wildman–Crippen LogP) is 0.0761. The number of carbonyl (C=O) groups is 1. The fourth-order valence-electron chi connectivity index (χ4n) is 1.10. The van der Waals surface area contributed by atoms with Crippen LogP contribution in [0.4, 0.5) is 5.95 Å². The highest BCUT2D eigenvalue weighted by atomic mass is 16.6. The molecule has 0 amide bonds. The Labute approximate surface area is 99.9 Å². The van der Waals surface area contributed by atoms with Crippen molar-refractivity contribution in [3.05, 3.63) is 6.33 Å². The molecule has 1 aromatic rings. The van der Waals surface area contributed by atoms with Crippen LogP contribution >= 0.6 is 0 Å². The average molecular weight is 242 g/mol. The van der Waals surface area contributed by atoms with Gasteiger partial charge in [-0.3, -0.25) is 4.79 Å². The van der Waals surface area contributed by atoms with Crippen LogP contribution in [0.15, 0.2) is 6.33 Å². The third-order valence-electron chi connectivity index (χ3n) is 1.79. The number of carbonyl (C=O) groups excluding carboxylic acids is 1. The molecule has 0 saturated carbocycles. The lowest BCUT2D eigenvalue weighted by Crippen LogP contribution is -2.17. The summed E-state index contributed by atoms with van der Waals surface area (Å²) in [6.07, 6.45) is 1.38. The van der Waals surface area contributed by atoms with Crippen LogP contribution in [0.1, 0.15) is 13.8 Å². The SMILES string of the molecule is CC(C)COCCOC(=O)Cn1cnc(N)n1. The quantitative estimate of drug-likeness (QED) is 0.537. The van der Waals surface area contributed by atoms with Gasteiger partial charge in [-0.25, -0.2) is 9.67 Å². The topological polar surface area (TPSA) is 92.3 Å². The molecule has 2 N–H and O–H groups in total. The van der Waals surface area contributed by atoms with E-state index in [0.717, 1.165) is 0 Å². The summed E-state index contributed by atoms with van der Waals surface area (Å²) in [6.45, 7) is 5.44. The normalized spacial score (nSPS) is 10.8. The second-order valence-corrected chi connectivity index (χ2v) is 3.99. The van der Waals surface area contributed by atoms with Gasteiger partial charge in [-0.2, -0.15) is 0 Å². The van der Waals surface area contributed by atoms with Crippen molar-refractivity contribution in [2.75, 3.05) is 25.6 Å². The Balaban J connectivity index is 2.09. The van der Waals surface area contributed by atoms with Gasteiger partial charge in [0.2, 0.25) is 5.95 Å². The monoisotopic (exact) mass is 242 g/mol. The van der Waals surface area contributed by atoms with Crippen molar-refractivity contribution < 1.29 is 14.3 Å². The molecule has 0 unspecified atom stereocenters. The van der Waals surface area contributed by atoms with Crippen LogP contribution in [-0.4, -0.2) is 40.6 Å². The van der Waals surface area contributed by atoms with E-state index in [1.807, 2.05) is 0 Å². The summed E-state index contributed by atoms with van der Waals surface area (Å²) >= 11 is 0. The molecule has 96 valence electrons. The van der Waals surface area contributed by atoms with Crippen molar-refractivity contribution in [3.8, 4) is 0 Å². The van der Waals surface area contributed by atoms with Gasteiger partial charge in [-0.1, -0.05) is 13.8 Å². The summed E-state index contributed by atoms with van der Waals surface area (Å²) in [5.74, 6) is 0.227. The first-order valence-corrected chi connectivity index (χ1v) is 5.46. The van der Waals surface area contributed by atoms with E-state index < -0.39 is 0 Å². The maximum Gasteiger partial charge on any atom is 0.327 e. The van der Waals surface area contributed by atoms with E-state index in [1.54, 1.807) is 0 Å². The van der Waals surface area contributed by atoms with Gasteiger partial charge < -0.3 is 15.2 Å². The van der Waals surface area contributed by atoms with Crippen LogP contribution in [0, 0.1) is 5.92 Å². The molecule has 1 rings (SSSR count). The third-order valence-corrected chi connectivity index (χ3v) is 1.79. The van der Waals surface area contributed by atoms with E-state index in [9.17, 15) is 4.79 Å². The molecule has 0 fully saturated rings. The van der Waals surface area contributed by atoms with Crippen molar-refractivity contribution in [1.29, 1.82) is 0 Å². The molecule has 0 aliphatic rings. The molecule has 0 aromatic carbocycles. The highest BCUT2D eigenvalue weighted by Crippen LogP contribution is 1.93. The summed E-state index contributed by atoms with van der Waals surface area (Å²) in [6, 6.07) is 0. The molecule has 0 spiro atoms. The largest absolute Gasteiger partial charge is 0.462 e. The first-order valence-electron chi connectivity index (χ1n) is 5.46. The maximum absolute atomic E-state index is 11.3. The zero-order valence-corrected chi connectivity index (χ0v) is 10.1. The molecule has 0 bridgehead atoms. The van der Waals surface area contributed by atoms with Crippen molar-refractivity contribution in [3.63, 3.8) is 0 Å². The van der Waals surface area contributed by atoms with Crippen LogP contribution in [0.5, 0.6) is 0 Å². The highest BCUT2D eigenvalue weighted by Gasteiger charge is 2.05. The maximum atomic E-state index is 11.3. The van der Waals surface area contributed by atoms with Crippen LogP contribution in [-0.2, 0) is 20.8 Å². The lowest BCUT2D eigenvalue weighted by atomic mass is 10.2. The molecule has 0 aliphatic heterocycles. The van der Waals surface area contributed by atoms with E-state index >= 15 is 0 Å². The van der Waals surface area contributed by atoms with Gasteiger partial charge in [0.15, 0.2) is 0 Å². The van der Waals surface area contributed by atoms with Crippen molar-refractivity contribution >= 4 is 11.9 Å². The van der Waals surface area contributed by atoms with Crippen molar-refractivity contribution in [2.45, 2.75) is 20.4 Å². The van der Waals surface area contributed by atoms with Gasteiger partial charge in [0.25, 0.3) is 0 Å². The number of rotatable bonds is 7. The summed E-state index contributed by atoms with van der Waals surface area (Å²) in [5.41, 5.74) is 5.31. The zero-order valence-electron chi connectivity index (χ0n) is 10.1. The highest BCUT2D eigenvalue weighted by molar-refractivity contribution is 5.68. The Morgan fingerprint density at radius 3 is 2.88 bits per heavy atom. The predicted molar refractivity (Wildman–Crippen MR) is 61.1 cm³/mol. The van der Waals surface area contributed by atoms with Gasteiger partial charge in [0.1, 0.15) is 19.5 Å². The molecular weight excluding hydrogens is 224 g/mol. The number of hydrogen-bond acceptors (Lipinski definition) is 6. The number of nitrogens with two attached hydrogens (primary N) is 1. The first-order chi connectivity index (χ1) is 8.08. The van der Waals surface area contributed by atoms with Crippen molar-refractivity contribution in [1.82, 2.24) is 14.8 Å². The Kier molecular flexibility index (Phi) is 5.41. The first kappa shape index (κ1) is 13.4. The molecule has 0 aliphatic carbocycles. The number of ether oxygens (including phenoxy) is 2. The third kappa shape index (κ3) is 5.86. The molecule has 7 heteroatoms. The summed E-state index contributed by atoms with van der Waals surface area (Å²) < 4.78 is 11.5. The Morgan fingerprint density at radius 2 is 2.29 bits per heavy atom. The molecular formula is C10H18N4O3. The van der Waals surface area contributed by atoms with Crippen LogP contribution in [0.2, 0.25) is 0 Å². The zero-order chi connectivity index (χ0) is 12.7. The lowest BCUT2D eigenvalue weighted by molar-refractivity contribution is -0.146. The minimum absolute atomic E-state index is 0.00831. The smallest absolute Gasteiger partial charge is 0.327 e. The molecule has 0 atom stereocenters. The molecule has 17 heavy (non-hydrogen) atoms. The Bertz CT molecular complexity index is 351. The fraction of sp³-hybridized carbons (Fsp3) is 0.700. The minimum Gasteiger partial charge on any atom is -0.462 e. The van der Waals surface area contributed by atoms with Gasteiger partial charge in [-0.05, 0) is 5.92 Å². The standard InChI is InChI=1S/C10H18N4O3/c1-8(2)6-16-3-4-17-9(15)5-14-7-12-10(11)13-14/h7-8H,3-6H2,1-2H3,(H2,11,13). The lowest BCUT2D eigenvalue weighted by Gasteiger charge is -2.07. The molecule has 0 saturated heterocycles. The molecule has 0 radical (unpaired) electrons.